The Kier molecular flexibility index (Phi) is 17.4. The Morgan fingerprint density at radius 3 is 1.32 bits per heavy atom. The van der Waals surface area contributed by atoms with E-state index in [1.54, 1.807) is 14.2 Å². The molecular weight excluding hydrogens is 292 g/mol. The highest BCUT2D eigenvalue weighted by atomic mass is 16.7. The Morgan fingerprint density at radius 1 is 0.591 bits per heavy atom. The summed E-state index contributed by atoms with van der Waals surface area (Å²) in [7, 11) is 3.32. The van der Waals surface area contributed by atoms with Gasteiger partial charge >= 0.3 is 6.16 Å². The van der Waals surface area contributed by atoms with Crippen LogP contribution in [0.25, 0.3) is 0 Å². The van der Waals surface area contributed by atoms with E-state index in [1.165, 1.54) is 0 Å². The van der Waals surface area contributed by atoms with E-state index < -0.39 is 6.16 Å². The van der Waals surface area contributed by atoms with E-state index in [9.17, 15) is 4.79 Å². The van der Waals surface area contributed by atoms with Gasteiger partial charge < -0.3 is 28.4 Å². The van der Waals surface area contributed by atoms with Crippen LogP contribution in [0.5, 0.6) is 0 Å². The van der Waals surface area contributed by atoms with Crippen molar-refractivity contribution >= 4 is 6.16 Å². The lowest BCUT2D eigenvalue weighted by Crippen LogP contribution is -2.12. The van der Waals surface area contributed by atoms with Gasteiger partial charge in [0.15, 0.2) is 0 Å². The van der Waals surface area contributed by atoms with Crippen molar-refractivity contribution in [2.24, 2.45) is 0 Å². The number of ether oxygens (including phenoxy) is 6. The lowest BCUT2D eigenvalue weighted by Gasteiger charge is -2.07. The van der Waals surface area contributed by atoms with Crippen LogP contribution in [0, 0.1) is 0 Å². The molecule has 0 rings (SSSR count). The van der Waals surface area contributed by atoms with Crippen molar-refractivity contribution in [1.29, 1.82) is 0 Å². The van der Waals surface area contributed by atoms with Crippen molar-refractivity contribution < 1.29 is 33.2 Å². The second kappa shape index (κ2) is 18.2. The fraction of sp³-hybridized carbons (Fsp3) is 0.933. The van der Waals surface area contributed by atoms with Crippen molar-refractivity contribution in [3.8, 4) is 0 Å². The maximum Gasteiger partial charge on any atom is 0.508 e. The molecule has 0 saturated heterocycles. The van der Waals surface area contributed by atoms with Gasteiger partial charge in [-0.2, -0.15) is 0 Å². The van der Waals surface area contributed by atoms with Gasteiger partial charge in [-0.3, -0.25) is 0 Å². The first-order valence-corrected chi connectivity index (χ1v) is 7.74. The van der Waals surface area contributed by atoms with Crippen LogP contribution in [0.15, 0.2) is 0 Å². The summed E-state index contributed by atoms with van der Waals surface area (Å²) in [5.74, 6) is 0. The second-order valence-electron chi connectivity index (χ2n) is 4.57. The van der Waals surface area contributed by atoms with Crippen molar-refractivity contribution in [2.75, 3.05) is 67.1 Å². The summed E-state index contributed by atoms with van der Waals surface area (Å²) in [6, 6.07) is 0. The summed E-state index contributed by atoms with van der Waals surface area (Å²) >= 11 is 0. The van der Waals surface area contributed by atoms with E-state index in [2.05, 4.69) is 0 Å². The van der Waals surface area contributed by atoms with Crippen molar-refractivity contribution in [3.63, 3.8) is 0 Å². The number of hydrogen-bond donors (Lipinski definition) is 0. The summed E-state index contributed by atoms with van der Waals surface area (Å²) in [4.78, 5) is 11.2. The zero-order chi connectivity index (χ0) is 16.3. The molecule has 0 aromatic rings. The van der Waals surface area contributed by atoms with Crippen molar-refractivity contribution in [3.05, 3.63) is 0 Å². The van der Waals surface area contributed by atoms with E-state index in [0.717, 1.165) is 12.8 Å². The minimum atomic E-state index is -0.640. The fourth-order valence-corrected chi connectivity index (χ4v) is 1.49. The Morgan fingerprint density at radius 2 is 0.955 bits per heavy atom. The van der Waals surface area contributed by atoms with E-state index in [-0.39, 0.29) is 0 Å². The molecular formula is C15H30O7. The molecule has 0 saturated carbocycles. The molecule has 0 aliphatic carbocycles. The molecule has 0 aromatic carbocycles. The van der Waals surface area contributed by atoms with Gasteiger partial charge in [0.05, 0.1) is 13.2 Å². The van der Waals surface area contributed by atoms with E-state index >= 15 is 0 Å². The monoisotopic (exact) mass is 322 g/mol. The number of rotatable bonds is 16. The first kappa shape index (κ1) is 21.1. The van der Waals surface area contributed by atoms with Gasteiger partial charge in [0.2, 0.25) is 0 Å². The summed E-state index contributed by atoms with van der Waals surface area (Å²) in [6.45, 7) is 4.43. The van der Waals surface area contributed by atoms with Gasteiger partial charge in [0, 0.05) is 66.7 Å². The number of methoxy groups -OCH3 is 2. The molecule has 0 spiro atoms. The standard InChI is InChI=1S/C15H30O7/c1-17-7-3-9-19-11-5-13-21-15(16)22-14-6-12-20-10-4-8-18-2/h3-14H2,1-2H3. The van der Waals surface area contributed by atoms with Gasteiger partial charge in [-0.15, -0.1) is 0 Å². The van der Waals surface area contributed by atoms with Crippen LogP contribution in [0.4, 0.5) is 4.79 Å². The summed E-state index contributed by atoms with van der Waals surface area (Å²) in [6.07, 6.45) is 2.41. The zero-order valence-corrected chi connectivity index (χ0v) is 13.8. The van der Waals surface area contributed by atoms with E-state index in [1.807, 2.05) is 0 Å². The molecule has 7 nitrogen and oxygen atoms in total. The van der Waals surface area contributed by atoms with E-state index in [4.69, 9.17) is 28.4 Å². The van der Waals surface area contributed by atoms with Crippen LogP contribution >= 0.6 is 0 Å². The van der Waals surface area contributed by atoms with Crippen molar-refractivity contribution in [1.82, 2.24) is 0 Å². The average molecular weight is 322 g/mol. The maximum absolute atomic E-state index is 11.2. The van der Waals surface area contributed by atoms with Crippen LogP contribution in [-0.4, -0.2) is 73.2 Å². The maximum atomic E-state index is 11.2. The van der Waals surface area contributed by atoms with Crippen LogP contribution in [-0.2, 0) is 28.4 Å². The second-order valence-corrected chi connectivity index (χ2v) is 4.57. The molecule has 0 aliphatic heterocycles. The predicted octanol–water partition coefficient (Wildman–Crippen LogP) is 2.03. The first-order chi connectivity index (χ1) is 10.8. The third-order valence-corrected chi connectivity index (χ3v) is 2.58. The molecule has 22 heavy (non-hydrogen) atoms. The average Bonchev–Trinajstić information content (AvgIpc) is 2.52. The number of hydrogen-bond acceptors (Lipinski definition) is 7. The van der Waals surface area contributed by atoms with Crippen molar-refractivity contribution in [2.45, 2.75) is 25.7 Å². The van der Waals surface area contributed by atoms with Crippen LogP contribution in [0.3, 0.4) is 0 Å². The predicted molar refractivity (Wildman–Crippen MR) is 81.2 cm³/mol. The molecule has 0 bridgehead atoms. The quantitative estimate of drug-likeness (QED) is 0.318. The minimum absolute atomic E-state index is 0.302. The first-order valence-electron chi connectivity index (χ1n) is 7.74. The normalized spacial score (nSPS) is 10.6. The minimum Gasteiger partial charge on any atom is -0.434 e. The lowest BCUT2D eigenvalue weighted by molar-refractivity contribution is 0.0351. The lowest BCUT2D eigenvalue weighted by atomic mass is 10.4. The van der Waals surface area contributed by atoms with Crippen LogP contribution in [0.2, 0.25) is 0 Å². The third kappa shape index (κ3) is 17.2. The van der Waals surface area contributed by atoms with Crippen LogP contribution < -0.4 is 0 Å². The fourth-order valence-electron chi connectivity index (χ4n) is 1.49. The molecule has 0 fully saturated rings. The smallest absolute Gasteiger partial charge is 0.434 e. The van der Waals surface area contributed by atoms with Crippen LogP contribution in [0.1, 0.15) is 25.7 Å². The van der Waals surface area contributed by atoms with Gasteiger partial charge in [0.1, 0.15) is 0 Å². The molecule has 7 heteroatoms. The zero-order valence-electron chi connectivity index (χ0n) is 13.8. The van der Waals surface area contributed by atoms with Gasteiger partial charge in [-0.05, 0) is 12.8 Å². The summed E-state index contributed by atoms with van der Waals surface area (Å²) in [5, 5.41) is 0. The van der Waals surface area contributed by atoms with Gasteiger partial charge in [-0.1, -0.05) is 0 Å². The largest absolute Gasteiger partial charge is 0.508 e. The highest BCUT2D eigenvalue weighted by Crippen LogP contribution is 1.93. The number of carbonyl (C=O) groups is 1. The third-order valence-electron chi connectivity index (χ3n) is 2.58. The Bertz CT molecular complexity index is 214. The number of carbonyl (C=O) groups excluding carboxylic acids is 1. The molecule has 0 amide bonds. The molecule has 132 valence electrons. The summed E-state index contributed by atoms with van der Waals surface area (Å²) in [5.41, 5.74) is 0. The molecule has 0 heterocycles. The van der Waals surface area contributed by atoms with Gasteiger partial charge in [-0.25, -0.2) is 4.79 Å². The molecule has 0 aromatic heterocycles. The highest BCUT2D eigenvalue weighted by Gasteiger charge is 2.03. The Hall–Kier alpha value is -0.890. The topological polar surface area (TPSA) is 72.5 Å². The van der Waals surface area contributed by atoms with Gasteiger partial charge in [0.25, 0.3) is 0 Å². The van der Waals surface area contributed by atoms with E-state index in [0.29, 0.717) is 65.7 Å². The molecule has 0 N–H and O–H groups in total. The molecule has 0 aliphatic rings. The molecule has 0 atom stereocenters. The summed E-state index contributed by atoms with van der Waals surface area (Å²) < 4.78 is 30.3. The molecule has 0 radical (unpaired) electrons. The molecule has 0 unspecified atom stereocenters. The Labute approximate surface area is 133 Å². The highest BCUT2D eigenvalue weighted by molar-refractivity contribution is 5.59. The Balaban J connectivity index is 3.13. The SMILES string of the molecule is COCCCOCCCOC(=O)OCCCOCCCOC.